The fourth-order valence-electron chi connectivity index (χ4n) is 2.76. The Bertz CT molecular complexity index is 503. The van der Waals surface area contributed by atoms with Crippen molar-refractivity contribution in [2.45, 2.75) is 70.5 Å². The lowest BCUT2D eigenvalue weighted by Gasteiger charge is -2.20. The van der Waals surface area contributed by atoms with Gasteiger partial charge in [0.05, 0.1) is 6.10 Å². The van der Waals surface area contributed by atoms with E-state index in [1.807, 2.05) is 6.92 Å². The Morgan fingerprint density at radius 2 is 2.09 bits per heavy atom. The summed E-state index contributed by atoms with van der Waals surface area (Å²) < 4.78 is 5.87. The number of carbonyl (C=O) groups excluding carboxylic acids is 1. The molecule has 1 unspecified atom stereocenters. The minimum atomic E-state index is -0.409. The van der Waals surface area contributed by atoms with Gasteiger partial charge in [0, 0.05) is 13.0 Å². The molecule has 1 aromatic rings. The fraction of sp³-hybridized carbons (Fsp3) is 0.800. The van der Waals surface area contributed by atoms with Crippen molar-refractivity contribution < 1.29 is 9.53 Å². The van der Waals surface area contributed by atoms with Crippen LogP contribution in [0.5, 0.6) is 0 Å². The van der Waals surface area contributed by atoms with Crippen molar-refractivity contribution in [2.75, 3.05) is 6.54 Å². The zero-order chi connectivity index (χ0) is 15.8. The molecular weight excluding hydrogens is 284 g/mol. The lowest BCUT2D eigenvalue weighted by Crippen LogP contribution is -2.37. The van der Waals surface area contributed by atoms with Crippen molar-refractivity contribution in [1.82, 2.24) is 20.5 Å². The summed E-state index contributed by atoms with van der Waals surface area (Å²) in [5, 5.41) is 9.01. The van der Waals surface area contributed by atoms with Crippen LogP contribution in [0.1, 0.15) is 57.7 Å². The van der Waals surface area contributed by atoms with Crippen LogP contribution in [0.3, 0.4) is 0 Å². The molecule has 1 amide bonds. The van der Waals surface area contributed by atoms with Gasteiger partial charge >= 0.3 is 5.69 Å². The third-order valence-electron chi connectivity index (χ3n) is 4.01. The van der Waals surface area contributed by atoms with Gasteiger partial charge in [0.15, 0.2) is 0 Å². The van der Waals surface area contributed by atoms with E-state index in [1.165, 1.54) is 25.7 Å². The van der Waals surface area contributed by atoms with Gasteiger partial charge in [-0.05, 0) is 26.2 Å². The zero-order valence-electron chi connectivity index (χ0n) is 13.2. The van der Waals surface area contributed by atoms with Crippen molar-refractivity contribution in [3.05, 3.63) is 16.3 Å². The molecule has 1 aromatic heterocycles. The van der Waals surface area contributed by atoms with Gasteiger partial charge in [-0.15, -0.1) is 0 Å². The van der Waals surface area contributed by atoms with Crippen LogP contribution >= 0.6 is 0 Å². The van der Waals surface area contributed by atoms with E-state index in [0.717, 1.165) is 19.3 Å². The number of H-pyrrole nitrogens is 2. The van der Waals surface area contributed by atoms with E-state index in [2.05, 4.69) is 20.5 Å². The molecule has 1 atom stereocenters. The molecule has 0 radical (unpaired) electrons. The van der Waals surface area contributed by atoms with E-state index in [0.29, 0.717) is 18.8 Å². The average Bonchev–Trinajstić information content (AvgIpc) is 2.74. The summed E-state index contributed by atoms with van der Waals surface area (Å²) in [6, 6.07) is 0. The maximum Gasteiger partial charge on any atom is 0.340 e. The van der Waals surface area contributed by atoms with Crippen LogP contribution in [0.4, 0.5) is 0 Å². The number of ether oxygens (including phenoxy) is 1. The third kappa shape index (κ3) is 5.63. The Morgan fingerprint density at radius 1 is 1.36 bits per heavy atom. The highest BCUT2D eigenvalue weighted by atomic mass is 16.5. The highest BCUT2D eigenvalue weighted by molar-refractivity contribution is 5.80. The molecule has 1 aliphatic carbocycles. The molecule has 1 aliphatic rings. The molecule has 7 nitrogen and oxygen atoms in total. The van der Waals surface area contributed by atoms with Gasteiger partial charge < -0.3 is 10.1 Å². The van der Waals surface area contributed by atoms with Crippen molar-refractivity contribution >= 4 is 5.91 Å². The average molecular weight is 310 g/mol. The van der Waals surface area contributed by atoms with E-state index in [1.54, 1.807) is 0 Å². The van der Waals surface area contributed by atoms with E-state index in [4.69, 9.17) is 4.74 Å². The number of carbonyl (C=O) groups is 1. The van der Waals surface area contributed by atoms with Gasteiger partial charge in [0.2, 0.25) is 5.91 Å². The minimum absolute atomic E-state index is 0.0697. The van der Waals surface area contributed by atoms with Gasteiger partial charge in [-0.25, -0.2) is 9.89 Å². The highest BCUT2D eigenvalue weighted by Gasteiger charge is 2.20. The van der Waals surface area contributed by atoms with Crippen LogP contribution in [0.15, 0.2) is 4.79 Å². The quantitative estimate of drug-likeness (QED) is 0.521. The van der Waals surface area contributed by atoms with Crippen molar-refractivity contribution in [2.24, 2.45) is 0 Å². The van der Waals surface area contributed by atoms with Crippen molar-refractivity contribution in [1.29, 1.82) is 0 Å². The van der Waals surface area contributed by atoms with Crippen molar-refractivity contribution in [3.8, 4) is 0 Å². The summed E-state index contributed by atoms with van der Waals surface area (Å²) in [6.45, 7) is 2.36. The number of aryl methyl sites for hydroxylation is 1. The van der Waals surface area contributed by atoms with Crippen LogP contribution in [0.2, 0.25) is 0 Å². The Morgan fingerprint density at radius 3 is 2.73 bits per heavy atom. The molecule has 1 saturated carbocycles. The summed E-state index contributed by atoms with van der Waals surface area (Å²) in [4.78, 5) is 25.5. The molecular formula is C15H26N4O3. The SMILES string of the molecule is CC(OC1CCCCCC1)C(=O)NCCCc1n[nH]c(=O)[nH]1. The first-order valence-corrected chi connectivity index (χ1v) is 8.22. The maximum atomic E-state index is 12.0. The van der Waals surface area contributed by atoms with E-state index < -0.39 is 6.10 Å². The third-order valence-corrected chi connectivity index (χ3v) is 4.01. The smallest absolute Gasteiger partial charge is 0.340 e. The standard InChI is InChI=1S/C15H26N4O3/c1-11(22-12-7-4-2-3-5-8-12)14(20)16-10-6-9-13-17-15(21)19-18-13/h11-12H,2-10H2,1H3,(H,16,20)(H2,17,18,19,21). The molecule has 0 aliphatic heterocycles. The molecule has 22 heavy (non-hydrogen) atoms. The van der Waals surface area contributed by atoms with Crippen molar-refractivity contribution in [3.63, 3.8) is 0 Å². The molecule has 0 aromatic carbocycles. The van der Waals surface area contributed by atoms with Gasteiger partial charge in [-0.1, -0.05) is 25.7 Å². The number of nitrogens with one attached hydrogen (secondary N) is 3. The Balaban J connectivity index is 1.62. The van der Waals surface area contributed by atoms with Crippen LogP contribution in [0.25, 0.3) is 0 Å². The predicted molar refractivity (Wildman–Crippen MR) is 82.6 cm³/mol. The second-order valence-electron chi connectivity index (χ2n) is 5.91. The number of rotatable bonds is 7. The number of aromatic amines is 2. The van der Waals surface area contributed by atoms with Gasteiger partial charge in [-0.2, -0.15) is 5.10 Å². The topological polar surface area (TPSA) is 99.9 Å². The molecule has 3 N–H and O–H groups in total. The molecule has 124 valence electrons. The number of hydrogen-bond donors (Lipinski definition) is 3. The lowest BCUT2D eigenvalue weighted by atomic mass is 10.1. The van der Waals surface area contributed by atoms with E-state index >= 15 is 0 Å². The molecule has 0 spiro atoms. The zero-order valence-corrected chi connectivity index (χ0v) is 13.2. The van der Waals surface area contributed by atoms with Gasteiger partial charge in [0.1, 0.15) is 11.9 Å². The van der Waals surface area contributed by atoms with Gasteiger partial charge in [0.25, 0.3) is 0 Å². The first-order chi connectivity index (χ1) is 10.6. The summed E-state index contributed by atoms with van der Waals surface area (Å²) in [6.07, 6.45) is 8.21. The van der Waals surface area contributed by atoms with Crippen LogP contribution < -0.4 is 11.0 Å². The van der Waals surface area contributed by atoms with Crippen LogP contribution in [0, 0.1) is 0 Å². The van der Waals surface area contributed by atoms with E-state index in [9.17, 15) is 9.59 Å². The normalized spacial score (nSPS) is 17.9. The second kappa shape index (κ2) is 8.73. The van der Waals surface area contributed by atoms with Gasteiger partial charge in [-0.3, -0.25) is 9.78 Å². The first-order valence-electron chi connectivity index (χ1n) is 8.22. The van der Waals surface area contributed by atoms with Crippen LogP contribution in [-0.4, -0.2) is 39.8 Å². The number of aromatic nitrogens is 3. The molecule has 0 saturated heterocycles. The van der Waals surface area contributed by atoms with E-state index in [-0.39, 0.29) is 17.7 Å². The largest absolute Gasteiger partial charge is 0.365 e. The van der Waals surface area contributed by atoms with Crippen LogP contribution in [-0.2, 0) is 16.0 Å². The number of amides is 1. The summed E-state index contributed by atoms with van der Waals surface area (Å²) in [5.41, 5.74) is -0.301. The minimum Gasteiger partial charge on any atom is -0.365 e. The molecule has 1 fully saturated rings. The predicted octanol–water partition coefficient (Wildman–Crippen LogP) is 1.27. The second-order valence-corrected chi connectivity index (χ2v) is 5.91. The Hall–Kier alpha value is -1.63. The maximum absolute atomic E-state index is 12.0. The molecule has 0 bridgehead atoms. The summed E-state index contributed by atoms with van der Waals surface area (Å²) in [5.74, 6) is 0.543. The summed E-state index contributed by atoms with van der Waals surface area (Å²) in [7, 11) is 0. The highest BCUT2D eigenvalue weighted by Crippen LogP contribution is 2.20. The first kappa shape index (κ1) is 16.7. The molecule has 1 heterocycles. The number of nitrogens with zero attached hydrogens (tertiary/aromatic N) is 1. The number of hydrogen-bond acceptors (Lipinski definition) is 4. The lowest BCUT2D eigenvalue weighted by molar-refractivity contribution is -0.135. The Kier molecular flexibility index (Phi) is 6.64. The summed E-state index contributed by atoms with van der Waals surface area (Å²) >= 11 is 0. The fourth-order valence-corrected chi connectivity index (χ4v) is 2.76. The Labute approximate surface area is 130 Å². The molecule has 2 rings (SSSR count). The monoisotopic (exact) mass is 310 g/mol. The molecule has 7 heteroatoms.